The van der Waals surface area contributed by atoms with Crippen LogP contribution in [0.5, 0.6) is 0 Å². The molecule has 0 aromatic carbocycles. The summed E-state index contributed by atoms with van der Waals surface area (Å²) in [7, 11) is 5.81. The molecule has 0 aliphatic heterocycles. The molecule has 0 spiro atoms. The highest BCUT2D eigenvalue weighted by atomic mass is 31.0. The standard InChI is InChI=1S/C18H27N3O4.C8H15NO2.CH5P/c1-6-12(5)21-15(16(22)18(23)24-7-2)17(19)20-9-14-8-13(10-25-14)11(3)4;1-6(7(2)10)5-8(11)9(3)4;1-2/h6,8,10-11,21-22H,7,9H2,1-5H3,(H2,19,20);10H,5H2,1-4H3;2H2,1H3/b12-6+,16-15+;7-6-;. The number of aliphatic imine (C=N–C) groups is 1. The summed E-state index contributed by atoms with van der Waals surface area (Å²) in [6.07, 6.45) is 3.75. The second-order valence-corrected chi connectivity index (χ2v) is 8.57. The van der Waals surface area contributed by atoms with Crippen LogP contribution in [0, 0.1) is 0 Å². The van der Waals surface area contributed by atoms with Crippen molar-refractivity contribution in [3.05, 3.63) is 58.2 Å². The molecule has 10 nitrogen and oxygen atoms in total. The van der Waals surface area contributed by atoms with E-state index in [9.17, 15) is 14.7 Å². The number of aliphatic hydroxyl groups excluding tert-OH is 2. The van der Waals surface area contributed by atoms with Gasteiger partial charge >= 0.3 is 5.97 Å². The van der Waals surface area contributed by atoms with E-state index in [1.165, 1.54) is 4.90 Å². The maximum absolute atomic E-state index is 11.8. The highest BCUT2D eigenvalue weighted by Crippen LogP contribution is 2.18. The van der Waals surface area contributed by atoms with Crippen LogP contribution in [0.2, 0.25) is 0 Å². The molecular formula is C27H47N4O6P. The lowest BCUT2D eigenvalue weighted by Gasteiger charge is -2.13. The van der Waals surface area contributed by atoms with Gasteiger partial charge in [-0.1, -0.05) is 26.6 Å². The molecule has 1 aromatic rings. The summed E-state index contributed by atoms with van der Waals surface area (Å²) in [6, 6.07) is 1.90. The monoisotopic (exact) mass is 554 g/mol. The average molecular weight is 555 g/mol. The summed E-state index contributed by atoms with van der Waals surface area (Å²) in [4.78, 5) is 28.5. The minimum Gasteiger partial charge on any atom is -0.513 e. The number of aliphatic hydroxyl groups is 2. The van der Waals surface area contributed by atoms with E-state index >= 15 is 0 Å². The van der Waals surface area contributed by atoms with Crippen LogP contribution in [0.4, 0.5) is 0 Å². The molecule has 0 aliphatic rings. The first-order chi connectivity index (χ1) is 17.7. The molecule has 0 aliphatic carbocycles. The Morgan fingerprint density at radius 3 is 2.24 bits per heavy atom. The number of amides is 1. The van der Waals surface area contributed by atoms with Crippen molar-refractivity contribution in [2.75, 3.05) is 27.4 Å². The fraction of sp³-hybridized carbons (Fsp3) is 0.519. The van der Waals surface area contributed by atoms with Crippen LogP contribution in [0.1, 0.15) is 72.1 Å². The third-order valence-electron chi connectivity index (χ3n) is 5.00. The predicted octanol–water partition coefficient (Wildman–Crippen LogP) is 4.91. The van der Waals surface area contributed by atoms with Gasteiger partial charge in [0, 0.05) is 19.8 Å². The first-order valence-corrected chi connectivity index (χ1v) is 13.4. The van der Waals surface area contributed by atoms with Crippen molar-refractivity contribution in [2.45, 2.75) is 67.3 Å². The first-order valence-electron chi connectivity index (χ1n) is 12.3. The highest BCUT2D eigenvalue weighted by molar-refractivity contribution is 7.15. The molecular weight excluding hydrogens is 507 g/mol. The van der Waals surface area contributed by atoms with Crippen LogP contribution in [0.3, 0.4) is 0 Å². The van der Waals surface area contributed by atoms with Gasteiger partial charge in [-0.15, -0.1) is 9.24 Å². The molecule has 216 valence electrons. The van der Waals surface area contributed by atoms with E-state index in [4.69, 9.17) is 20.0 Å². The van der Waals surface area contributed by atoms with Crippen LogP contribution in [-0.4, -0.2) is 60.2 Å². The minimum atomic E-state index is -0.868. The zero-order chi connectivity index (χ0) is 30.0. The van der Waals surface area contributed by atoms with Gasteiger partial charge in [-0.05, 0) is 57.7 Å². The number of hydrogen-bond donors (Lipinski definition) is 4. The van der Waals surface area contributed by atoms with Crippen LogP contribution in [0.25, 0.3) is 0 Å². The number of amidine groups is 1. The molecule has 0 saturated heterocycles. The number of rotatable bonds is 10. The van der Waals surface area contributed by atoms with E-state index in [0.29, 0.717) is 23.8 Å². The molecule has 1 aromatic heterocycles. The number of allylic oxidation sites excluding steroid dienone is 3. The molecule has 0 radical (unpaired) electrons. The third-order valence-corrected chi connectivity index (χ3v) is 5.00. The zero-order valence-electron chi connectivity index (χ0n) is 24.5. The van der Waals surface area contributed by atoms with Gasteiger partial charge in [0.25, 0.3) is 0 Å². The Bertz CT molecular complexity index is 1000. The van der Waals surface area contributed by atoms with Crippen molar-refractivity contribution in [1.29, 1.82) is 0 Å². The lowest BCUT2D eigenvalue weighted by Crippen LogP contribution is -2.30. The second-order valence-electron chi connectivity index (χ2n) is 8.57. The molecule has 5 N–H and O–H groups in total. The Morgan fingerprint density at radius 2 is 1.82 bits per heavy atom. The quantitative estimate of drug-likeness (QED) is 0.0795. The largest absolute Gasteiger partial charge is 0.513 e. The smallest absolute Gasteiger partial charge is 0.375 e. The van der Waals surface area contributed by atoms with Crippen molar-refractivity contribution in [1.82, 2.24) is 10.2 Å². The van der Waals surface area contributed by atoms with E-state index in [-0.39, 0.29) is 36.4 Å². The molecule has 0 fully saturated rings. The number of nitrogens with two attached hydrogens (primary N) is 1. The van der Waals surface area contributed by atoms with Crippen LogP contribution < -0.4 is 11.1 Å². The Labute approximate surface area is 229 Å². The second kappa shape index (κ2) is 19.8. The number of hydrogen-bond acceptors (Lipinski definition) is 8. The van der Waals surface area contributed by atoms with Crippen molar-refractivity contribution in [3.8, 4) is 0 Å². The van der Waals surface area contributed by atoms with E-state index in [2.05, 4.69) is 33.4 Å². The van der Waals surface area contributed by atoms with Crippen molar-refractivity contribution < 1.29 is 29.0 Å². The van der Waals surface area contributed by atoms with E-state index in [0.717, 1.165) is 11.1 Å². The zero-order valence-corrected chi connectivity index (χ0v) is 25.7. The van der Waals surface area contributed by atoms with Crippen molar-refractivity contribution in [2.24, 2.45) is 10.7 Å². The molecule has 1 rings (SSSR count). The molecule has 11 heteroatoms. The van der Waals surface area contributed by atoms with Crippen molar-refractivity contribution >= 4 is 27.0 Å². The topological polar surface area (TPSA) is 151 Å². The number of furan rings is 1. The molecule has 0 bridgehead atoms. The van der Waals surface area contributed by atoms with Gasteiger partial charge in [0.05, 0.1) is 31.6 Å². The number of nitrogens with zero attached hydrogens (tertiary/aromatic N) is 2. The molecule has 1 amide bonds. The highest BCUT2D eigenvalue weighted by Gasteiger charge is 2.19. The van der Waals surface area contributed by atoms with Gasteiger partial charge in [0.15, 0.2) is 0 Å². The Morgan fingerprint density at radius 1 is 1.24 bits per heavy atom. The molecule has 1 unspecified atom stereocenters. The molecule has 1 atom stereocenters. The van der Waals surface area contributed by atoms with Crippen LogP contribution >= 0.6 is 9.24 Å². The van der Waals surface area contributed by atoms with Gasteiger partial charge in [0.2, 0.25) is 11.7 Å². The number of carbonyl (C=O) groups excluding carboxylic acids is 2. The first kappa shape index (κ1) is 36.9. The lowest BCUT2D eigenvalue weighted by molar-refractivity contribution is -0.141. The van der Waals surface area contributed by atoms with Crippen LogP contribution in [0.15, 0.2) is 56.3 Å². The summed E-state index contributed by atoms with van der Waals surface area (Å²) < 4.78 is 10.2. The summed E-state index contributed by atoms with van der Waals surface area (Å²) >= 11 is 0. The maximum atomic E-state index is 11.8. The summed E-state index contributed by atoms with van der Waals surface area (Å²) in [5.41, 5.74) is 8.46. The maximum Gasteiger partial charge on any atom is 0.375 e. The van der Waals surface area contributed by atoms with Gasteiger partial charge in [-0.25, -0.2) is 4.79 Å². The molecule has 0 saturated carbocycles. The Kier molecular flexibility index (Phi) is 19.2. The third kappa shape index (κ3) is 14.5. The lowest BCUT2D eigenvalue weighted by atomic mass is 10.1. The normalized spacial score (nSPS) is 12.7. The van der Waals surface area contributed by atoms with Gasteiger partial charge in [0.1, 0.15) is 17.3 Å². The van der Waals surface area contributed by atoms with Gasteiger partial charge in [-0.2, -0.15) is 0 Å². The number of carbonyl (C=O) groups is 2. The van der Waals surface area contributed by atoms with Gasteiger partial charge < -0.3 is 35.3 Å². The summed E-state index contributed by atoms with van der Waals surface area (Å²) in [5, 5.41) is 22.0. The SMILES string of the molecule is C/C(O)=C(\C)CC(=O)N(C)C.C/C=C(\C)N/C(C(N)=NCc1cc(C(C)C)co1)=C(/O)C(=O)OCC.CP. The van der Waals surface area contributed by atoms with E-state index < -0.39 is 11.7 Å². The van der Waals surface area contributed by atoms with Crippen molar-refractivity contribution in [3.63, 3.8) is 0 Å². The molecule has 38 heavy (non-hydrogen) atoms. The summed E-state index contributed by atoms with van der Waals surface area (Å²) in [6.45, 7) is 14.9. The molecule has 1 heterocycles. The van der Waals surface area contributed by atoms with E-state index in [1.807, 2.05) is 19.7 Å². The van der Waals surface area contributed by atoms with Gasteiger partial charge in [-0.3, -0.25) is 9.79 Å². The predicted molar refractivity (Wildman–Crippen MR) is 157 cm³/mol. The minimum absolute atomic E-state index is 0.00434. The summed E-state index contributed by atoms with van der Waals surface area (Å²) in [5.74, 6) is -0.269. The number of ether oxygens (including phenoxy) is 1. The fourth-order valence-corrected chi connectivity index (χ4v) is 2.35. The average Bonchev–Trinajstić information content (AvgIpc) is 3.36. The fourth-order valence-electron chi connectivity index (χ4n) is 2.35. The number of esters is 1. The Balaban J connectivity index is 0. The number of nitrogens with one attached hydrogen (secondary N) is 1. The van der Waals surface area contributed by atoms with E-state index in [1.54, 1.807) is 54.1 Å². The van der Waals surface area contributed by atoms with Crippen LogP contribution in [-0.2, 0) is 20.9 Å². The Hall–Kier alpha value is -3.26.